The van der Waals surface area contributed by atoms with E-state index in [1.54, 1.807) is 0 Å². The summed E-state index contributed by atoms with van der Waals surface area (Å²) >= 11 is 2.03. The van der Waals surface area contributed by atoms with Gasteiger partial charge in [-0.05, 0) is 5.56 Å². The number of ether oxygens (including phenoxy) is 2. The minimum Gasteiger partial charge on any atom is -0.388 e. The van der Waals surface area contributed by atoms with Crippen molar-refractivity contribution >= 4 is 22.6 Å². The average Bonchev–Trinajstić information content (AvgIpc) is 2.44. The fourth-order valence-corrected chi connectivity index (χ4v) is 2.72. The van der Waals surface area contributed by atoms with Gasteiger partial charge in [-0.3, -0.25) is 0 Å². The lowest BCUT2D eigenvalue weighted by Crippen LogP contribution is -2.58. The Hall–Kier alpha value is -0.250. The maximum atomic E-state index is 9.97. The van der Waals surface area contributed by atoms with Crippen molar-refractivity contribution in [3.05, 3.63) is 35.9 Å². The summed E-state index contributed by atoms with van der Waals surface area (Å²) in [6, 6.07) is 9.42. The van der Waals surface area contributed by atoms with Gasteiger partial charge in [-0.15, -0.1) is 0 Å². The quantitative estimate of drug-likeness (QED) is 0.522. The number of aliphatic hydroxyl groups is 3. The summed E-state index contributed by atoms with van der Waals surface area (Å²) in [4.78, 5) is 0. The summed E-state index contributed by atoms with van der Waals surface area (Å²) in [6.45, 7) is 0.241. The van der Waals surface area contributed by atoms with Crippen LogP contribution in [0.3, 0.4) is 0 Å². The van der Waals surface area contributed by atoms with Crippen molar-refractivity contribution < 1.29 is 24.8 Å². The van der Waals surface area contributed by atoms with Gasteiger partial charge in [-0.25, -0.2) is 0 Å². The number of hydrogen-bond donors (Lipinski definition) is 3. The zero-order chi connectivity index (χ0) is 13.8. The lowest BCUT2D eigenvalue weighted by atomic mass is 10.00. The second kappa shape index (κ2) is 6.96. The molecule has 5 nitrogen and oxygen atoms in total. The second-order valence-corrected chi connectivity index (χ2v) is 5.34. The maximum absolute atomic E-state index is 9.97. The van der Waals surface area contributed by atoms with Gasteiger partial charge >= 0.3 is 0 Å². The molecule has 6 heteroatoms. The van der Waals surface area contributed by atoms with Crippen LogP contribution in [-0.2, 0) is 16.1 Å². The van der Waals surface area contributed by atoms with E-state index >= 15 is 0 Å². The highest BCUT2D eigenvalue weighted by Gasteiger charge is 2.44. The van der Waals surface area contributed by atoms with Gasteiger partial charge in [-0.2, -0.15) is 0 Å². The van der Waals surface area contributed by atoms with E-state index in [4.69, 9.17) is 9.47 Å². The van der Waals surface area contributed by atoms with E-state index in [2.05, 4.69) is 0 Å². The van der Waals surface area contributed by atoms with E-state index in [0.29, 0.717) is 4.43 Å². The van der Waals surface area contributed by atoms with Crippen LogP contribution in [0.25, 0.3) is 0 Å². The molecule has 1 heterocycles. The Kier molecular flexibility index (Phi) is 5.55. The third kappa shape index (κ3) is 3.65. The summed E-state index contributed by atoms with van der Waals surface area (Å²) in [5.41, 5.74) is 0.924. The number of alkyl halides is 1. The minimum absolute atomic E-state index is 0.241. The summed E-state index contributed by atoms with van der Waals surface area (Å²) in [6.07, 6.45) is -4.98. The fraction of sp³-hybridized carbons (Fsp3) is 0.538. The van der Waals surface area contributed by atoms with Crippen molar-refractivity contribution in [1.29, 1.82) is 0 Å². The first-order valence-electron chi connectivity index (χ1n) is 6.04. The third-order valence-electron chi connectivity index (χ3n) is 3.10. The van der Waals surface area contributed by atoms with E-state index in [9.17, 15) is 15.3 Å². The molecule has 19 heavy (non-hydrogen) atoms. The van der Waals surface area contributed by atoms with E-state index in [0.717, 1.165) is 5.56 Å². The molecule has 1 fully saturated rings. The van der Waals surface area contributed by atoms with Gasteiger partial charge in [0.05, 0.1) is 12.7 Å². The summed E-state index contributed by atoms with van der Waals surface area (Å²) in [5, 5.41) is 29.6. The molecule has 3 N–H and O–H groups in total. The van der Waals surface area contributed by atoms with Crippen LogP contribution in [0.15, 0.2) is 30.3 Å². The maximum Gasteiger partial charge on any atom is 0.184 e. The van der Waals surface area contributed by atoms with E-state index in [-0.39, 0.29) is 6.61 Å². The first kappa shape index (κ1) is 15.1. The lowest BCUT2D eigenvalue weighted by Gasteiger charge is -2.39. The molecule has 0 aromatic heterocycles. The van der Waals surface area contributed by atoms with Gasteiger partial charge in [-0.1, -0.05) is 52.9 Å². The second-order valence-electron chi connectivity index (χ2n) is 4.46. The van der Waals surface area contributed by atoms with E-state index in [1.807, 2.05) is 52.9 Å². The molecule has 0 spiro atoms. The van der Waals surface area contributed by atoms with Crippen molar-refractivity contribution in [2.45, 2.75) is 37.3 Å². The fourth-order valence-electron chi connectivity index (χ4n) is 2.00. The summed E-state index contributed by atoms with van der Waals surface area (Å²) in [7, 11) is 0. The van der Waals surface area contributed by atoms with Crippen molar-refractivity contribution in [2.75, 3.05) is 4.43 Å². The molecule has 5 atom stereocenters. The molecule has 0 radical (unpaired) electrons. The molecule has 1 saturated heterocycles. The predicted octanol–water partition coefficient (Wildman–Crippen LogP) is 0.446. The SMILES string of the molecule is O[C@@H]1[C@H](O)[C@@H](OCc2ccccc2)[C@@H](O)O[C@@H]1CI. The zero-order valence-electron chi connectivity index (χ0n) is 10.2. The highest BCUT2D eigenvalue weighted by atomic mass is 127. The Labute approximate surface area is 125 Å². The smallest absolute Gasteiger partial charge is 0.184 e. The molecule has 0 unspecified atom stereocenters. The Bertz CT molecular complexity index is 388. The zero-order valence-corrected chi connectivity index (χ0v) is 12.4. The van der Waals surface area contributed by atoms with Gasteiger partial charge in [0.15, 0.2) is 6.29 Å². The number of halogens is 1. The number of benzene rings is 1. The highest BCUT2D eigenvalue weighted by molar-refractivity contribution is 14.1. The van der Waals surface area contributed by atoms with Crippen molar-refractivity contribution in [1.82, 2.24) is 0 Å². The van der Waals surface area contributed by atoms with Gasteiger partial charge in [0.1, 0.15) is 18.3 Å². The van der Waals surface area contributed by atoms with Gasteiger partial charge in [0, 0.05) is 4.43 Å². The molecule has 2 rings (SSSR count). The Morgan fingerprint density at radius 2 is 1.79 bits per heavy atom. The highest BCUT2D eigenvalue weighted by Crippen LogP contribution is 2.24. The largest absolute Gasteiger partial charge is 0.388 e. The van der Waals surface area contributed by atoms with Crippen LogP contribution in [0.5, 0.6) is 0 Å². The van der Waals surface area contributed by atoms with Crippen LogP contribution in [0.2, 0.25) is 0 Å². The van der Waals surface area contributed by atoms with E-state index < -0.39 is 30.7 Å². The van der Waals surface area contributed by atoms with Crippen LogP contribution >= 0.6 is 22.6 Å². The topological polar surface area (TPSA) is 79.2 Å². The predicted molar refractivity (Wildman–Crippen MR) is 76.8 cm³/mol. The van der Waals surface area contributed by atoms with Crippen molar-refractivity contribution in [3.63, 3.8) is 0 Å². The normalized spacial score (nSPS) is 35.3. The molecule has 0 amide bonds. The number of aliphatic hydroxyl groups excluding tert-OH is 3. The van der Waals surface area contributed by atoms with Crippen LogP contribution in [0.1, 0.15) is 5.56 Å². The molecular formula is C13H17IO5. The first-order chi connectivity index (χ1) is 9.13. The Morgan fingerprint density at radius 3 is 2.42 bits per heavy atom. The van der Waals surface area contributed by atoms with Crippen LogP contribution in [0, 0.1) is 0 Å². The number of rotatable bonds is 4. The van der Waals surface area contributed by atoms with Crippen LogP contribution < -0.4 is 0 Å². The van der Waals surface area contributed by atoms with Crippen LogP contribution in [0.4, 0.5) is 0 Å². The third-order valence-corrected chi connectivity index (χ3v) is 3.97. The molecule has 1 aromatic carbocycles. The molecular weight excluding hydrogens is 363 g/mol. The summed E-state index contributed by atoms with van der Waals surface area (Å²) in [5.74, 6) is 0. The van der Waals surface area contributed by atoms with Crippen LogP contribution in [-0.4, -0.2) is 50.5 Å². The molecule has 1 aliphatic heterocycles. The average molecular weight is 380 g/mol. The first-order valence-corrected chi connectivity index (χ1v) is 7.57. The lowest BCUT2D eigenvalue weighted by molar-refractivity contribution is -0.288. The molecule has 106 valence electrons. The summed E-state index contributed by atoms with van der Waals surface area (Å²) < 4.78 is 11.2. The molecule has 0 bridgehead atoms. The van der Waals surface area contributed by atoms with Crippen molar-refractivity contribution in [3.8, 4) is 0 Å². The number of hydrogen-bond acceptors (Lipinski definition) is 5. The van der Waals surface area contributed by atoms with Gasteiger partial charge in [0.2, 0.25) is 0 Å². The molecule has 1 aromatic rings. The molecule has 0 saturated carbocycles. The Balaban J connectivity index is 1.96. The van der Waals surface area contributed by atoms with E-state index in [1.165, 1.54) is 0 Å². The van der Waals surface area contributed by atoms with Crippen molar-refractivity contribution in [2.24, 2.45) is 0 Å². The molecule has 0 aliphatic carbocycles. The van der Waals surface area contributed by atoms with Gasteiger partial charge < -0.3 is 24.8 Å². The Morgan fingerprint density at radius 1 is 1.11 bits per heavy atom. The standard InChI is InChI=1S/C13H17IO5/c14-6-9-10(15)11(16)12(13(17)19-9)18-7-8-4-2-1-3-5-8/h1-5,9-13,15-17H,6-7H2/t9-,10+,11+,12-,13+/m1/s1. The molecule has 1 aliphatic rings. The minimum atomic E-state index is -1.23. The monoisotopic (exact) mass is 380 g/mol. The van der Waals surface area contributed by atoms with Gasteiger partial charge in [0.25, 0.3) is 0 Å².